The van der Waals surface area contributed by atoms with Crippen molar-refractivity contribution >= 4 is 5.88 Å². The van der Waals surface area contributed by atoms with Crippen molar-refractivity contribution in [1.82, 2.24) is 5.32 Å². The van der Waals surface area contributed by atoms with E-state index in [9.17, 15) is 10.1 Å². The fraction of sp³-hybridized carbons (Fsp3) is 0.286. The van der Waals surface area contributed by atoms with Gasteiger partial charge in [0.25, 0.3) is 0 Å². The smallest absolute Gasteiger partial charge is 0.404 e. The lowest BCUT2D eigenvalue weighted by molar-refractivity contribution is -0.402. The maximum Gasteiger partial charge on any atom is 0.433 e. The van der Waals surface area contributed by atoms with Gasteiger partial charge in [0.05, 0.1) is 12.1 Å². The van der Waals surface area contributed by atoms with Crippen LogP contribution in [0, 0.1) is 24.0 Å². The quantitative estimate of drug-likeness (QED) is 0.677. The Bertz CT molecular complexity index is 604. The number of hydrogen-bond acceptors (Lipinski definition) is 4. The van der Waals surface area contributed by atoms with E-state index in [1.54, 1.807) is 13.1 Å². The van der Waals surface area contributed by atoms with Crippen LogP contribution >= 0.6 is 0 Å². The van der Waals surface area contributed by atoms with Crippen molar-refractivity contribution in [1.29, 1.82) is 0 Å². The van der Waals surface area contributed by atoms with Crippen molar-refractivity contribution in [3.8, 4) is 0 Å². The lowest BCUT2D eigenvalue weighted by Gasteiger charge is -2.17. The molecule has 2 rings (SSSR count). The van der Waals surface area contributed by atoms with Crippen LogP contribution < -0.4 is 5.32 Å². The molecule has 0 aliphatic rings. The van der Waals surface area contributed by atoms with Crippen molar-refractivity contribution in [3.63, 3.8) is 0 Å². The van der Waals surface area contributed by atoms with Gasteiger partial charge in [0, 0.05) is 0 Å². The van der Waals surface area contributed by atoms with Crippen LogP contribution in [-0.4, -0.2) is 12.0 Å². The molecular formula is C14H16N2O3. The molecule has 2 aromatic rings. The van der Waals surface area contributed by atoms with Crippen LogP contribution in [0.3, 0.4) is 0 Å². The summed E-state index contributed by atoms with van der Waals surface area (Å²) in [7, 11) is 1.81. The molecule has 0 spiro atoms. The first-order valence-corrected chi connectivity index (χ1v) is 6.01. The van der Waals surface area contributed by atoms with Gasteiger partial charge in [-0.3, -0.25) is 10.1 Å². The van der Waals surface area contributed by atoms with Gasteiger partial charge < -0.3 is 9.73 Å². The van der Waals surface area contributed by atoms with Gasteiger partial charge in [-0.25, -0.2) is 0 Å². The van der Waals surface area contributed by atoms with Crippen LogP contribution in [0.25, 0.3) is 0 Å². The van der Waals surface area contributed by atoms with E-state index in [4.69, 9.17) is 4.42 Å². The summed E-state index contributed by atoms with van der Waals surface area (Å²) in [6, 6.07) is 8.97. The maximum absolute atomic E-state index is 10.7. The van der Waals surface area contributed by atoms with E-state index in [0.717, 1.165) is 16.7 Å². The molecule has 5 nitrogen and oxygen atoms in total. The van der Waals surface area contributed by atoms with Gasteiger partial charge in [-0.1, -0.05) is 23.8 Å². The van der Waals surface area contributed by atoms with Gasteiger partial charge in [-0.2, -0.15) is 0 Å². The third kappa shape index (κ3) is 2.66. The van der Waals surface area contributed by atoms with Crippen molar-refractivity contribution in [2.75, 3.05) is 7.05 Å². The molecule has 19 heavy (non-hydrogen) atoms. The van der Waals surface area contributed by atoms with Gasteiger partial charge in [-0.15, -0.1) is 0 Å². The predicted octanol–water partition coefficient (Wildman–Crippen LogP) is 3.11. The van der Waals surface area contributed by atoms with Crippen LogP contribution in [0.4, 0.5) is 5.88 Å². The third-order valence-electron chi connectivity index (χ3n) is 3.11. The minimum Gasteiger partial charge on any atom is -0.404 e. The average Bonchev–Trinajstić information content (AvgIpc) is 2.84. The van der Waals surface area contributed by atoms with E-state index in [1.165, 1.54) is 6.07 Å². The molecule has 1 aromatic heterocycles. The summed E-state index contributed by atoms with van der Waals surface area (Å²) in [5, 5.41) is 13.8. The zero-order chi connectivity index (χ0) is 14.0. The lowest BCUT2D eigenvalue weighted by Crippen LogP contribution is -2.18. The molecule has 0 radical (unpaired) electrons. The molecule has 1 unspecified atom stereocenters. The highest BCUT2D eigenvalue weighted by Crippen LogP contribution is 2.29. The highest BCUT2D eigenvalue weighted by molar-refractivity contribution is 5.37. The Morgan fingerprint density at radius 1 is 1.26 bits per heavy atom. The molecule has 0 saturated heterocycles. The van der Waals surface area contributed by atoms with Gasteiger partial charge in [0.15, 0.2) is 0 Å². The van der Waals surface area contributed by atoms with Crippen molar-refractivity contribution in [3.05, 3.63) is 62.9 Å². The summed E-state index contributed by atoms with van der Waals surface area (Å²) in [5.41, 5.74) is 3.32. The number of nitrogens with one attached hydrogen (secondary N) is 1. The Morgan fingerprint density at radius 3 is 2.58 bits per heavy atom. The first-order chi connectivity index (χ1) is 9.02. The van der Waals surface area contributed by atoms with E-state index >= 15 is 0 Å². The number of furan rings is 1. The van der Waals surface area contributed by atoms with Gasteiger partial charge in [0.2, 0.25) is 0 Å². The first kappa shape index (κ1) is 13.3. The Morgan fingerprint density at radius 2 is 2.00 bits per heavy atom. The predicted molar refractivity (Wildman–Crippen MR) is 72.2 cm³/mol. The second-order valence-corrected chi connectivity index (χ2v) is 4.51. The summed E-state index contributed by atoms with van der Waals surface area (Å²) < 4.78 is 5.29. The first-order valence-electron chi connectivity index (χ1n) is 6.01. The third-order valence-corrected chi connectivity index (χ3v) is 3.11. The standard InChI is InChI=1S/C14H16N2O3/c1-9-4-5-10(2)11(8-9)14(15-3)12-6-7-13(19-12)16(17)18/h4-8,14-15H,1-3H3. The molecule has 100 valence electrons. The van der Waals surface area contributed by atoms with Gasteiger partial charge in [0.1, 0.15) is 10.7 Å². The summed E-state index contributed by atoms with van der Waals surface area (Å²) in [4.78, 5) is 10.1. The van der Waals surface area contributed by atoms with E-state index in [0.29, 0.717) is 5.76 Å². The number of rotatable bonds is 4. The fourth-order valence-electron chi connectivity index (χ4n) is 2.12. The van der Waals surface area contributed by atoms with E-state index < -0.39 is 4.92 Å². The molecule has 0 aliphatic carbocycles. The average molecular weight is 260 g/mol. The normalized spacial score (nSPS) is 12.4. The maximum atomic E-state index is 10.7. The Balaban J connectivity index is 2.43. The Labute approximate surface area is 111 Å². The number of nitrogens with zero attached hydrogens (tertiary/aromatic N) is 1. The van der Waals surface area contributed by atoms with Crippen LogP contribution in [0.5, 0.6) is 0 Å². The minimum absolute atomic E-state index is 0.186. The lowest BCUT2D eigenvalue weighted by atomic mass is 9.97. The van der Waals surface area contributed by atoms with Crippen molar-refractivity contribution < 1.29 is 9.34 Å². The number of benzene rings is 1. The van der Waals surface area contributed by atoms with E-state index in [2.05, 4.69) is 11.4 Å². The largest absolute Gasteiger partial charge is 0.433 e. The van der Waals surface area contributed by atoms with Crippen molar-refractivity contribution in [2.24, 2.45) is 0 Å². The van der Waals surface area contributed by atoms with E-state index in [-0.39, 0.29) is 11.9 Å². The van der Waals surface area contributed by atoms with Crippen LogP contribution in [0.15, 0.2) is 34.7 Å². The fourth-order valence-corrected chi connectivity index (χ4v) is 2.12. The summed E-state index contributed by atoms with van der Waals surface area (Å²) in [6.07, 6.45) is 0. The van der Waals surface area contributed by atoms with Crippen LogP contribution in [0.2, 0.25) is 0 Å². The second kappa shape index (κ2) is 5.24. The number of aryl methyl sites for hydroxylation is 2. The zero-order valence-electron chi connectivity index (χ0n) is 11.1. The summed E-state index contributed by atoms with van der Waals surface area (Å²) >= 11 is 0. The molecule has 0 amide bonds. The van der Waals surface area contributed by atoms with E-state index in [1.807, 2.05) is 26.0 Å². The summed E-state index contributed by atoms with van der Waals surface area (Å²) in [6.45, 7) is 4.02. The zero-order valence-corrected chi connectivity index (χ0v) is 11.1. The van der Waals surface area contributed by atoms with Crippen LogP contribution in [0.1, 0.15) is 28.5 Å². The second-order valence-electron chi connectivity index (χ2n) is 4.51. The van der Waals surface area contributed by atoms with Crippen LogP contribution in [-0.2, 0) is 0 Å². The molecule has 0 bridgehead atoms. The number of nitro groups is 1. The Kier molecular flexibility index (Phi) is 3.66. The minimum atomic E-state index is -0.528. The molecule has 5 heteroatoms. The molecule has 1 N–H and O–H groups in total. The Hall–Kier alpha value is -2.14. The number of hydrogen-bond donors (Lipinski definition) is 1. The van der Waals surface area contributed by atoms with Crippen molar-refractivity contribution in [2.45, 2.75) is 19.9 Å². The highest BCUT2D eigenvalue weighted by Gasteiger charge is 2.21. The molecule has 1 aromatic carbocycles. The molecule has 0 saturated carbocycles. The summed E-state index contributed by atoms with van der Waals surface area (Å²) in [5.74, 6) is 0.309. The molecular weight excluding hydrogens is 244 g/mol. The molecule has 0 fully saturated rings. The molecule has 1 atom stereocenters. The molecule has 0 aliphatic heterocycles. The monoisotopic (exact) mass is 260 g/mol. The van der Waals surface area contributed by atoms with Gasteiger partial charge in [-0.05, 0) is 38.1 Å². The van der Waals surface area contributed by atoms with Gasteiger partial charge >= 0.3 is 5.88 Å². The SMILES string of the molecule is CNC(c1ccc([N+](=O)[O-])o1)c1cc(C)ccc1C. The molecule has 1 heterocycles. The highest BCUT2D eigenvalue weighted by atomic mass is 16.6. The topological polar surface area (TPSA) is 68.3 Å².